The summed E-state index contributed by atoms with van der Waals surface area (Å²) in [6.07, 6.45) is 0. The van der Waals surface area contributed by atoms with Gasteiger partial charge in [-0.3, -0.25) is 14.5 Å². The lowest BCUT2D eigenvalue weighted by atomic mass is 10.1. The van der Waals surface area contributed by atoms with E-state index < -0.39 is 6.04 Å². The lowest BCUT2D eigenvalue weighted by molar-refractivity contribution is -0.124. The number of thiophene rings is 1. The molecule has 0 fully saturated rings. The lowest BCUT2D eigenvalue weighted by Gasteiger charge is -2.19. The number of nitrogens with one attached hydrogen (secondary N) is 2. The SMILES string of the molecule is CC(NC(=O)C(C)n1c(-c2cccs2)n[nH]c1=S)c1ccccc1. The number of nitrogens with zero attached hydrogens (tertiary/aromatic N) is 2. The fraction of sp³-hybridized carbons (Fsp3) is 0.235. The maximum atomic E-state index is 12.7. The summed E-state index contributed by atoms with van der Waals surface area (Å²) in [5.41, 5.74) is 1.06. The van der Waals surface area contributed by atoms with E-state index in [0.717, 1.165) is 10.4 Å². The highest BCUT2D eigenvalue weighted by Crippen LogP contribution is 2.26. The van der Waals surface area contributed by atoms with Crippen molar-refractivity contribution >= 4 is 29.5 Å². The first-order valence-electron chi connectivity index (χ1n) is 7.64. The van der Waals surface area contributed by atoms with Crippen LogP contribution in [-0.4, -0.2) is 20.7 Å². The molecule has 0 aliphatic carbocycles. The zero-order valence-electron chi connectivity index (χ0n) is 13.4. The van der Waals surface area contributed by atoms with Gasteiger partial charge in [0.2, 0.25) is 5.91 Å². The number of carbonyl (C=O) groups excluding carboxylic acids is 1. The van der Waals surface area contributed by atoms with Crippen molar-refractivity contribution in [3.05, 3.63) is 58.2 Å². The maximum absolute atomic E-state index is 12.7. The predicted octanol–water partition coefficient (Wildman–Crippen LogP) is 4.11. The van der Waals surface area contributed by atoms with E-state index in [1.165, 1.54) is 0 Å². The van der Waals surface area contributed by atoms with Gasteiger partial charge in [-0.1, -0.05) is 36.4 Å². The monoisotopic (exact) mass is 358 g/mol. The molecule has 0 spiro atoms. The van der Waals surface area contributed by atoms with Crippen LogP contribution in [0.2, 0.25) is 0 Å². The van der Waals surface area contributed by atoms with E-state index >= 15 is 0 Å². The van der Waals surface area contributed by atoms with Gasteiger partial charge in [0.1, 0.15) is 6.04 Å². The minimum absolute atomic E-state index is 0.0765. The summed E-state index contributed by atoms with van der Waals surface area (Å²) < 4.78 is 2.20. The normalized spacial score (nSPS) is 13.4. The standard InChI is InChI=1S/C17H18N4OS2/c1-11(13-7-4-3-5-8-13)18-16(22)12(2)21-15(19-20-17(21)23)14-9-6-10-24-14/h3-12H,1-2H3,(H,18,22)(H,20,23). The fourth-order valence-electron chi connectivity index (χ4n) is 2.52. The van der Waals surface area contributed by atoms with Gasteiger partial charge in [-0.05, 0) is 43.1 Å². The van der Waals surface area contributed by atoms with Crippen LogP contribution in [-0.2, 0) is 4.79 Å². The minimum atomic E-state index is -0.459. The van der Waals surface area contributed by atoms with Crippen LogP contribution in [0.15, 0.2) is 47.8 Å². The number of carbonyl (C=O) groups is 1. The minimum Gasteiger partial charge on any atom is -0.348 e. The summed E-state index contributed by atoms with van der Waals surface area (Å²) in [6.45, 7) is 3.80. The Labute approximate surface area is 149 Å². The summed E-state index contributed by atoms with van der Waals surface area (Å²) in [6, 6.07) is 13.2. The molecule has 0 saturated heterocycles. The van der Waals surface area contributed by atoms with Gasteiger partial charge in [0.05, 0.1) is 10.9 Å². The second-order valence-corrected chi connectivity index (χ2v) is 6.85. The number of hydrogen-bond acceptors (Lipinski definition) is 4. The van der Waals surface area contributed by atoms with Crippen LogP contribution in [0.3, 0.4) is 0 Å². The summed E-state index contributed by atoms with van der Waals surface area (Å²) in [5, 5.41) is 12.1. The number of amides is 1. The summed E-state index contributed by atoms with van der Waals surface area (Å²) in [7, 11) is 0. The summed E-state index contributed by atoms with van der Waals surface area (Å²) >= 11 is 6.88. The highest BCUT2D eigenvalue weighted by atomic mass is 32.1. The van der Waals surface area contributed by atoms with Crippen molar-refractivity contribution in [3.8, 4) is 10.7 Å². The van der Waals surface area contributed by atoms with Gasteiger partial charge in [0, 0.05) is 0 Å². The van der Waals surface area contributed by atoms with Gasteiger partial charge in [-0.15, -0.1) is 11.3 Å². The molecule has 2 heterocycles. The second-order valence-electron chi connectivity index (χ2n) is 5.52. The van der Waals surface area contributed by atoms with E-state index in [0.29, 0.717) is 10.6 Å². The van der Waals surface area contributed by atoms with Crippen molar-refractivity contribution in [2.24, 2.45) is 0 Å². The Hall–Kier alpha value is -2.25. The number of aromatic amines is 1. The Bertz CT molecular complexity index is 868. The Morgan fingerprint density at radius 3 is 2.67 bits per heavy atom. The van der Waals surface area contributed by atoms with Gasteiger partial charge < -0.3 is 5.32 Å². The molecule has 2 atom stereocenters. The molecule has 1 aromatic carbocycles. The molecule has 0 aliphatic rings. The Balaban J connectivity index is 1.82. The first kappa shape index (κ1) is 16.6. The molecule has 0 aliphatic heterocycles. The quantitative estimate of drug-likeness (QED) is 0.675. The van der Waals surface area contributed by atoms with Crippen molar-refractivity contribution in [1.29, 1.82) is 0 Å². The highest BCUT2D eigenvalue weighted by molar-refractivity contribution is 7.71. The summed E-state index contributed by atoms with van der Waals surface area (Å²) in [5.74, 6) is 0.590. The second kappa shape index (κ2) is 7.11. The van der Waals surface area contributed by atoms with E-state index in [9.17, 15) is 4.79 Å². The first-order chi connectivity index (χ1) is 11.6. The van der Waals surface area contributed by atoms with Crippen molar-refractivity contribution in [2.45, 2.75) is 25.9 Å². The van der Waals surface area contributed by atoms with Gasteiger partial charge in [-0.2, -0.15) is 5.10 Å². The molecule has 3 rings (SSSR count). The number of benzene rings is 1. The largest absolute Gasteiger partial charge is 0.348 e. The van der Waals surface area contributed by atoms with Gasteiger partial charge in [-0.25, -0.2) is 0 Å². The zero-order valence-corrected chi connectivity index (χ0v) is 15.0. The van der Waals surface area contributed by atoms with Crippen LogP contribution in [0.25, 0.3) is 10.7 Å². The zero-order chi connectivity index (χ0) is 17.1. The molecule has 5 nitrogen and oxygen atoms in total. The highest BCUT2D eigenvalue weighted by Gasteiger charge is 2.22. The first-order valence-corrected chi connectivity index (χ1v) is 8.93. The Morgan fingerprint density at radius 1 is 1.25 bits per heavy atom. The molecule has 7 heteroatoms. The number of rotatable bonds is 5. The van der Waals surface area contributed by atoms with Crippen LogP contribution in [0.5, 0.6) is 0 Å². The van der Waals surface area contributed by atoms with Crippen LogP contribution in [0, 0.1) is 4.77 Å². The molecule has 2 N–H and O–H groups in total. The molecule has 2 aromatic heterocycles. The molecule has 3 aromatic rings. The molecule has 1 amide bonds. The molecule has 0 bridgehead atoms. The average molecular weight is 358 g/mol. The Kier molecular flexibility index (Phi) is 4.92. The fourth-order valence-corrected chi connectivity index (χ4v) is 3.52. The van der Waals surface area contributed by atoms with Crippen molar-refractivity contribution in [3.63, 3.8) is 0 Å². The molecule has 124 valence electrons. The Morgan fingerprint density at radius 2 is 2.00 bits per heavy atom. The van der Waals surface area contributed by atoms with Gasteiger partial charge in [0.15, 0.2) is 10.6 Å². The third-order valence-electron chi connectivity index (χ3n) is 3.87. The van der Waals surface area contributed by atoms with Crippen molar-refractivity contribution < 1.29 is 4.79 Å². The third-order valence-corrected chi connectivity index (χ3v) is 5.02. The van der Waals surface area contributed by atoms with Gasteiger partial charge >= 0.3 is 0 Å². The molecule has 24 heavy (non-hydrogen) atoms. The lowest BCUT2D eigenvalue weighted by Crippen LogP contribution is -2.33. The van der Waals surface area contributed by atoms with Gasteiger partial charge in [0.25, 0.3) is 0 Å². The molecule has 2 unspecified atom stereocenters. The van der Waals surface area contributed by atoms with Crippen LogP contribution in [0.4, 0.5) is 0 Å². The van der Waals surface area contributed by atoms with Crippen LogP contribution < -0.4 is 5.32 Å². The molecule has 0 radical (unpaired) electrons. The average Bonchev–Trinajstić information content (AvgIpc) is 3.24. The van der Waals surface area contributed by atoms with Crippen molar-refractivity contribution in [1.82, 2.24) is 20.1 Å². The van der Waals surface area contributed by atoms with E-state index in [1.807, 2.05) is 61.7 Å². The van der Waals surface area contributed by atoms with E-state index in [-0.39, 0.29) is 11.9 Å². The van der Waals surface area contributed by atoms with Crippen molar-refractivity contribution in [2.75, 3.05) is 0 Å². The van der Waals surface area contributed by atoms with E-state index in [2.05, 4.69) is 15.5 Å². The van der Waals surface area contributed by atoms with Crippen LogP contribution >= 0.6 is 23.6 Å². The predicted molar refractivity (Wildman–Crippen MR) is 98.4 cm³/mol. The topological polar surface area (TPSA) is 62.7 Å². The molecular formula is C17H18N4OS2. The van der Waals surface area contributed by atoms with E-state index in [1.54, 1.807) is 15.9 Å². The number of H-pyrrole nitrogens is 1. The smallest absolute Gasteiger partial charge is 0.243 e. The molecular weight excluding hydrogens is 340 g/mol. The maximum Gasteiger partial charge on any atom is 0.243 e. The summed E-state index contributed by atoms with van der Waals surface area (Å²) in [4.78, 5) is 13.7. The third kappa shape index (κ3) is 3.32. The van der Waals surface area contributed by atoms with Crippen LogP contribution in [0.1, 0.15) is 31.5 Å². The number of hydrogen-bond donors (Lipinski definition) is 2. The number of aromatic nitrogens is 3. The molecule has 0 saturated carbocycles. The van der Waals surface area contributed by atoms with E-state index in [4.69, 9.17) is 12.2 Å².